The molecule has 45 heavy (non-hydrogen) atoms. The van der Waals surface area contributed by atoms with Crippen molar-refractivity contribution in [3.05, 3.63) is 84.3 Å². The van der Waals surface area contributed by atoms with Gasteiger partial charge in [-0.2, -0.15) is 0 Å². The lowest BCUT2D eigenvalue weighted by Crippen LogP contribution is -2.37. The number of nitrogens with zero attached hydrogens (tertiary/aromatic N) is 2. The van der Waals surface area contributed by atoms with Gasteiger partial charge in [-0.1, -0.05) is 30.3 Å². The lowest BCUT2D eigenvalue weighted by atomic mass is 9.98. The number of para-hydroxylation sites is 1. The molecule has 0 aliphatic carbocycles. The van der Waals surface area contributed by atoms with E-state index in [0.29, 0.717) is 56.8 Å². The molecule has 0 unspecified atom stereocenters. The van der Waals surface area contributed by atoms with Gasteiger partial charge in [-0.05, 0) is 47.7 Å². The average molecular weight is 612 g/mol. The number of carbonyl (C=O) groups is 1. The topological polar surface area (TPSA) is 105 Å². The number of benzene rings is 4. The summed E-state index contributed by atoms with van der Waals surface area (Å²) < 4.78 is 44.6. The molecule has 2 heterocycles. The van der Waals surface area contributed by atoms with Crippen LogP contribution in [0, 0.1) is 5.82 Å². The van der Waals surface area contributed by atoms with Crippen LogP contribution in [0.5, 0.6) is 28.7 Å². The quantitative estimate of drug-likeness (QED) is 0.176. The zero-order chi connectivity index (χ0) is 31.3. The summed E-state index contributed by atoms with van der Waals surface area (Å²) in [6.45, 7) is 4.88. The molecular weight excluding hydrogens is 577 g/mol. The predicted octanol–water partition coefficient (Wildman–Crippen LogP) is 6.20. The number of ether oxygens (including phenoxy) is 5. The Morgan fingerprint density at radius 1 is 0.933 bits per heavy atom. The van der Waals surface area contributed by atoms with E-state index < -0.39 is 11.7 Å². The molecule has 1 aliphatic rings. The molecule has 4 aromatic carbocycles. The Morgan fingerprint density at radius 2 is 1.78 bits per heavy atom. The fraction of sp³-hybridized carbons (Fsp3) is 0.257. The molecule has 6 rings (SSSR count). The second kappa shape index (κ2) is 13.4. The molecule has 1 amide bonds. The van der Waals surface area contributed by atoms with E-state index in [2.05, 4.69) is 9.88 Å². The SMILES string of the molecule is COc1cc2c(Oc3ccc4cc(-c5cccc(C(N)=O)c5OC)ccc4c3F)ccnc2cc1OCCCN1CCOCC1. The van der Waals surface area contributed by atoms with Crippen LogP contribution in [0.15, 0.2) is 72.9 Å². The lowest BCUT2D eigenvalue weighted by molar-refractivity contribution is 0.0357. The Balaban J connectivity index is 1.24. The summed E-state index contributed by atoms with van der Waals surface area (Å²) in [5.41, 5.74) is 7.86. The van der Waals surface area contributed by atoms with E-state index in [1.54, 1.807) is 61.8 Å². The summed E-state index contributed by atoms with van der Waals surface area (Å²) >= 11 is 0. The number of primary amides is 1. The maximum atomic E-state index is 15.8. The minimum absolute atomic E-state index is 0.0680. The summed E-state index contributed by atoms with van der Waals surface area (Å²) in [7, 11) is 3.06. The molecule has 1 fully saturated rings. The molecule has 2 N–H and O–H groups in total. The Labute approximate surface area is 260 Å². The van der Waals surface area contributed by atoms with Crippen molar-refractivity contribution in [3.8, 4) is 39.9 Å². The van der Waals surface area contributed by atoms with Gasteiger partial charge in [0, 0.05) is 48.2 Å². The van der Waals surface area contributed by atoms with Gasteiger partial charge in [0.05, 0.1) is 45.1 Å². The maximum Gasteiger partial charge on any atom is 0.252 e. The van der Waals surface area contributed by atoms with Gasteiger partial charge in [-0.15, -0.1) is 0 Å². The van der Waals surface area contributed by atoms with Gasteiger partial charge in [-0.3, -0.25) is 14.7 Å². The van der Waals surface area contributed by atoms with E-state index in [4.69, 9.17) is 29.4 Å². The highest BCUT2D eigenvalue weighted by atomic mass is 19.1. The molecule has 9 nitrogen and oxygen atoms in total. The number of methoxy groups -OCH3 is 2. The first-order chi connectivity index (χ1) is 22.0. The van der Waals surface area contributed by atoms with Crippen LogP contribution in [0.3, 0.4) is 0 Å². The largest absolute Gasteiger partial charge is 0.495 e. The number of aromatic nitrogens is 1. The van der Waals surface area contributed by atoms with Gasteiger partial charge in [-0.25, -0.2) is 4.39 Å². The van der Waals surface area contributed by atoms with Crippen LogP contribution in [-0.4, -0.2) is 69.5 Å². The summed E-state index contributed by atoms with van der Waals surface area (Å²) in [6.07, 6.45) is 2.49. The second-order valence-corrected chi connectivity index (χ2v) is 10.7. The minimum Gasteiger partial charge on any atom is -0.495 e. The molecule has 5 aromatic rings. The fourth-order valence-electron chi connectivity index (χ4n) is 5.60. The minimum atomic E-state index is -0.591. The first-order valence-corrected chi connectivity index (χ1v) is 14.7. The van der Waals surface area contributed by atoms with Crippen LogP contribution in [0.4, 0.5) is 4.39 Å². The van der Waals surface area contributed by atoms with Gasteiger partial charge in [0.1, 0.15) is 11.5 Å². The third-order valence-corrected chi connectivity index (χ3v) is 7.90. The second-order valence-electron chi connectivity index (χ2n) is 10.7. The van der Waals surface area contributed by atoms with Crippen LogP contribution in [-0.2, 0) is 4.74 Å². The number of carbonyl (C=O) groups excluding carboxylic acids is 1. The number of morpholine rings is 1. The molecule has 0 atom stereocenters. The molecule has 1 saturated heterocycles. The summed E-state index contributed by atoms with van der Waals surface area (Å²) in [4.78, 5) is 18.8. The van der Waals surface area contributed by atoms with Gasteiger partial charge < -0.3 is 29.4 Å². The van der Waals surface area contributed by atoms with Crippen LogP contribution in [0.25, 0.3) is 32.8 Å². The zero-order valence-electron chi connectivity index (χ0n) is 25.2. The standard InChI is InChI=1S/C35H34FN3O6/c1-41-31-20-27-28(21-32(31)44-16-4-13-39-14-17-43-18-15-39)38-12-11-29(27)45-30-10-8-22-19-23(7-9-24(22)33(30)36)25-5-3-6-26(35(37)40)34(25)42-2/h3,5-12,19-21H,4,13-18H2,1-2H3,(H2,37,40). The summed E-state index contributed by atoms with van der Waals surface area (Å²) in [6, 6.07) is 19.1. The highest BCUT2D eigenvalue weighted by Crippen LogP contribution is 2.40. The van der Waals surface area contributed by atoms with Crippen molar-refractivity contribution in [2.45, 2.75) is 6.42 Å². The van der Waals surface area contributed by atoms with E-state index >= 15 is 4.39 Å². The first kappa shape index (κ1) is 30.1. The van der Waals surface area contributed by atoms with Gasteiger partial charge >= 0.3 is 0 Å². The van der Waals surface area contributed by atoms with Crippen LogP contribution < -0.4 is 24.7 Å². The number of nitrogens with two attached hydrogens (primary N) is 1. The Morgan fingerprint density at radius 3 is 2.56 bits per heavy atom. The van der Waals surface area contributed by atoms with Crippen molar-refractivity contribution in [1.29, 1.82) is 0 Å². The van der Waals surface area contributed by atoms with Crippen molar-refractivity contribution in [2.75, 3.05) is 53.7 Å². The fourth-order valence-corrected chi connectivity index (χ4v) is 5.60. The third-order valence-electron chi connectivity index (χ3n) is 7.90. The van der Waals surface area contributed by atoms with E-state index in [1.807, 2.05) is 18.2 Å². The Hall–Kier alpha value is -4.93. The van der Waals surface area contributed by atoms with Crippen molar-refractivity contribution in [2.24, 2.45) is 5.73 Å². The normalized spacial score (nSPS) is 13.6. The van der Waals surface area contributed by atoms with E-state index in [9.17, 15) is 4.79 Å². The molecule has 0 spiro atoms. The van der Waals surface area contributed by atoms with Crippen molar-refractivity contribution in [3.63, 3.8) is 0 Å². The highest BCUT2D eigenvalue weighted by Gasteiger charge is 2.18. The third kappa shape index (κ3) is 6.33. The zero-order valence-corrected chi connectivity index (χ0v) is 25.2. The Kier molecular flexibility index (Phi) is 8.95. The smallest absolute Gasteiger partial charge is 0.252 e. The molecule has 10 heteroatoms. The van der Waals surface area contributed by atoms with Crippen LogP contribution >= 0.6 is 0 Å². The van der Waals surface area contributed by atoms with Crippen molar-refractivity contribution in [1.82, 2.24) is 9.88 Å². The van der Waals surface area contributed by atoms with E-state index in [-0.39, 0.29) is 11.3 Å². The number of hydrogen-bond donors (Lipinski definition) is 1. The number of hydrogen-bond acceptors (Lipinski definition) is 8. The monoisotopic (exact) mass is 611 g/mol. The van der Waals surface area contributed by atoms with Crippen molar-refractivity contribution < 1.29 is 32.9 Å². The number of pyridine rings is 1. The molecule has 0 bridgehead atoms. The Bertz CT molecular complexity index is 1860. The number of rotatable bonds is 11. The summed E-state index contributed by atoms with van der Waals surface area (Å²) in [5, 5.41) is 1.69. The first-order valence-electron chi connectivity index (χ1n) is 14.7. The molecule has 1 aliphatic heterocycles. The molecule has 0 saturated carbocycles. The predicted molar refractivity (Wildman–Crippen MR) is 170 cm³/mol. The summed E-state index contributed by atoms with van der Waals surface area (Å²) in [5.74, 6) is 0.891. The van der Waals surface area contributed by atoms with Crippen molar-refractivity contribution >= 4 is 27.6 Å². The lowest BCUT2D eigenvalue weighted by Gasteiger charge is -2.26. The van der Waals surface area contributed by atoms with Crippen LogP contribution in [0.1, 0.15) is 16.8 Å². The maximum absolute atomic E-state index is 15.8. The van der Waals surface area contributed by atoms with E-state index in [1.165, 1.54) is 7.11 Å². The number of amides is 1. The number of halogens is 1. The van der Waals surface area contributed by atoms with Gasteiger partial charge in [0.2, 0.25) is 0 Å². The molecule has 232 valence electrons. The molecule has 0 radical (unpaired) electrons. The van der Waals surface area contributed by atoms with Crippen LogP contribution in [0.2, 0.25) is 0 Å². The molecule has 1 aromatic heterocycles. The van der Waals surface area contributed by atoms with Gasteiger partial charge in [0.25, 0.3) is 5.91 Å². The van der Waals surface area contributed by atoms with Gasteiger partial charge in [0.15, 0.2) is 23.1 Å². The van der Waals surface area contributed by atoms with E-state index in [0.717, 1.165) is 44.8 Å². The average Bonchev–Trinajstić information content (AvgIpc) is 3.07. The number of fused-ring (bicyclic) bond motifs is 2. The molecular formula is C35H34FN3O6. The highest BCUT2D eigenvalue weighted by molar-refractivity contribution is 5.99.